The highest BCUT2D eigenvalue weighted by atomic mass is 79.9. The maximum absolute atomic E-state index is 12.8. The molecule has 174 valence electrons. The fourth-order valence-corrected chi connectivity index (χ4v) is 4.22. The number of nitrogens with one attached hydrogen (secondary N) is 1. The van der Waals surface area contributed by atoms with Gasteiger partial charge in [-0.1, -0.05) is 15.9 Å². The number of amides is 1. The van der Waals surface area contributed by atoms with Crippen LogP contribution in [0.3, 0.4) is 0 Å². The van der Waals surface area contributed by atoms with Gasteiger partial charge in [0.15, 0.2) is 5.76 Å². The lowest BCUT2D eigenvalue weighted by Gasteiger charge is -2.06. The Hall–Kier alpha value is -3.11. The average Bonchev–Trinajstić information content (AvgIpc) is 3.38. The summed E-state index contributed by atoms with van der Waals surface area (Å²) in [4.78, 5) is 37.7. The van der Waals surface area contributed by atoms with Crippen LogP contribution in [0.4, 0.5) is 5.00 Å². The molecule has 2 aromatic heterocycles. The molecule has 10 heteroatoms. The average molecular weight is 536 g/mol. The monoisotopic (exact) mass is 535 g/mol. The molecule has 0 unspecified atom stereocenters. The highest BCUT2D eigenvalue weighted by Gasteiger charge is 2.28. The van der Waals surface area contributed by atoms with Gasteiger partial charge in [0, 0.05) is 4.47 Å². The summed E-state index contributed by atoms with van der Waals surface area (Å²) in [7, 11) is 0. The molecule has 2 heterocycles. The van der Waals surface area contributed by atoms with Gasteiger partial charge in [0.25, 0.3) is 5.91 Å². The Morgan fingerprint density at radius 3 is 2.33 bits per heavy atom. The lowest BCUT2D eigenvalue weighted by Crippen LogP contribution is -2.14. The van der Waals surface area contributed by atoms with Crippen molar-refractivity contribution < 1.29 is 33.0 Å². The van der Waals surface area contributed by atoms with E-state index in [-0.39, 0.29) is 41.0 Å². The quantitative estimate of drug-likeness (QED) is 0.355. The van der Waals surface area contributed by atoms with Crippen molar-refractivity contribution in [2.24, 2.45) is 0 Å². The zero-order chi connectivity index (χ0) is 24.0. The van der Waals surface area contributed by atoms with E-state index in [9.17, 15) is 14.4 Å². The van der Waals surface area contributed by atoms with Gasteiger partial charge < -0.3 is 23.9 Å². The Morgan fingerprint density at radius 1 is 1.00 bits per heavy atom. The third-order valence-corrected chi connectivity index (χ3v) is 6.11. The van der Waals surface area contributed by atoms with Crippen LogP contribution in [0.15, 0.2) is 45.3 Å². The second-order valence-corrected chi connectivity index (χ2v) is 8.60. The van der Waals surface area contributed by atoms with Crippen LogP contribution in [0.1, 0.15) is 55.8 Å². The van der Waals surface area contributed by atoms with E-state index in [2.05, 4.69) is 21.2 Å². The number of furan rings is 1. The first-order valence-electron chi connectivity index (χ1n) is 10.1. The van der Waals surface area contributed by atoms with E-state index in [4.69, 9.17) is 18.6 Å². The SMILES string of the molecule is CCOC(=O)c1sc(NC(=O)c2ccc(COc3ccc(Br)cc3)o2)c(C(=O)OCC)c1C. The van der Waals surface area contributed by atoms with Crippen LogP contribution in [0.2, 0.25) is 0 Å². The number of carbonyl (C=O) groups is 3. The van der Waals surface area contributed by atoms with Gasteiger partial charge in [-0.05, 0) is 62.7 Å². The predicted octanol–water partition coefficient (Wildman–Crippen LogP) is 5.60. The van der Waals surface area contributed by atoms with Crippen molar-refractivity contribution >= 4 is 50.1 Å². The first-order valence-corrected chi connectivity index (χ1v) is 11.7. The van der Waals surface area contributed by atoms with Crippen molar-refractivity contribution in [2.75, 3.05) is 18.5 Å². The van der Waals surface area contributed by atoms with E-state index < -0.39 is 17.8 Å². The number of halogens is 1. The fraction of sp³-hybridized carbons (Fsp3) is 0.261. The second-order valence-electron chi connectivity index (χ2n) is 6.66. The number of carbonyl (C=O) groups excluding carboxylic acids is 3. The standard InChI is InChI=1S/C23H22BrNO7S/c1-4-29-22(27)18-13(3)19(23(28)30-5-2)33-21(18)25-20(26)17-11-10-16(32-17)12-31-15-8-6-14(24)7-9-15/h6-11H,4-5,12H2,1-3H3,(H,25,26). The maximum atomic E-state index is 12.8. The molecule has 0 aliphatic rings. The minimum atomic E-state index is -0.639. The predicted molar refractivity (Wildman–Crippen MR) is 126 cm³/mol. The van der Waals surface area contributed by atoms with Crippen molar-refractivity contribution in [1.82, 2.24) is 0 Å². The summed E-state index contributed by atoms with van der Waals surface area (Å²) in [5, 5.41) is 2.83. The third-order valence-electron chi connectivity index (χ3n) is 4.39. The van der Waals surface area contributed by atoms with E-state index in [1.165, 1.54) is 6.07 Å². The van der Waals surface area contributed by atoms with Crippen LogP contribution in [-0.4, -0.2) is 31.1 Å². The molecule has 0 atom stereocenters. The Balaban J connectivity index is 1.76. The van der Waals surface area contributed by atoms with Gasteiger partial charge in [0.05, 0.1) is 18.8 Å². The van der Waals surface area contributed by atoms with Gasteiger partial charge in [-0.2, -0.15) is 0 Å². The van der Waals surface area contributed by atoms with Crippen LogP contribution in [0.25, 0.3) is 0 Å². The van der Waals surface area contributed by atoms with Crippen molar-refractivity contribution in [3.63, 3.8) is 0 Å². The van der Waals surface area contributed by atoms with Crippen LogP contribution < -0.4 is 10.1 Å². The molecule has 3 rings (SSSR count). The Labute approximate surface area is 203 Å². The molecule has 0 fully saturated rings. The molecule has 0 saturated carbocycles. The normalized spacial score (nSPS) is 10.5. The summed E-state index contributed by atoms with van der Waals surface area (Å²) in [5.74, 6) is -0.657. The number of ether oxygens (including phenoxy) is 3. The molecular formula is C23H22BrNO7S. The summed E-state index contributed by atoms with van der Waals surface area (Å²) < 4.78 is 22.3. The lowest BCUT2D eigenvalue weighted by atomic mass is 10.1. The van der Waals surface area contributed by atoms with Crippen LogP contribution >= 0.6 is 27.3 Å². The summed E-state index contributed by atoms with van der Waals surface area (Å²) in [5.41, 5.74) is 0.499. The number of hydrogen-bond donors (Lipinski definition) is 1. The molecule has 1 amide bonds. The molecule has 0 bridgehead atoms. The summed E-state index contributed by atoms with van der Waals surface area (Å²) in [6.07, 6.45) is 0. The van der Waals surface area contributed by atoms with Crippen LogP contribution in [-0.2, 0) is 16.1 Å². The molecule has 0 spiro atoms. The van der Waals surface area contributed by atoms with E-state index in [1.54, 1.807) is 39.0 Å². The molecule has 8 nitrogen and oxygen atoms in total. The van der Waals surface area contributed by atoms with E-state index in [1.807, 2.05) is 12.1 Å². The Bertz CT molecular complexity index is 1150. The lowest BCUT2D eigenvalue weighted by molar-refractivity contribution is 0.0527. The molecular weight excluding hydrogens is 514 g/mol. The second kappa shape index (κ2) is 11.2. The number of hydrogen-bond acceptors (Lipinski definition) is 8. The number of anilines is 1. The van der Waals surface area contributed by atoms with Gasteiger partial charge >= 0.3 is 11.9 Å². The van der Waals surface area contributed by atoms with Crippen LogP contribution in [0.5, 0.6) is 5.75 Å². The van der Waals surface area contributed by atoms with Gasteiger partial charge in [-0.25, -0.2) is 9.59 Å². The molecule has 1 N–H and O–H groups in total. The minimum absolute atomic E-state index is 0.0305. The maximum Gasteiger partial charge on any atom is 0.348 e. The van der Waals surface area contributed by atoms with Crippen molar-refractivity contribution in [3.8, 4) is 5.75 Å². The smallest absolute Gasteiger partial charge is 0.348 e. The molecule has 0 aliphatic carbocycles. The van der Waals surface area contributed by atoms with E-state index in [0.717, 1.165) is 15.8 Å². The third kappa shape index (κ3) is 6.02. The topological polar surface area (TPSA) is 104 Å². The molecule has 0 aliphatic heterocycles. The fourth-order valence-electron chi connectivity index (χ4n) is 2.87. The minimum Gasteiger partial charge on any atom is -0.486 e. The molecule has 0 radical (unpaired) electrons. The zero-order valence-corrected chi connectivity index (χ0v) is 20.6. The number of benzene rings is 1. The van der Waals surface area contributed by atoms with Crippen LogP contribution in [0, 0.1) is 6.92 Å². The first kappa shape index (κ1) is 24.5. The zero-order valence-electron chi connectivity index (χ0n) is 18.2. The van der Waals surface area contributed by atoms with Crippen molar-refractivity contribution in [1.29, 1.82) is 0 Å². The largest absolute Gasteiger partial charge is 0.486 e. The number of rotatable bonds is 9. The van der Waals surface area contributed by atoms with Gasteiger partial charge in [-0.15, -0.1) is 11.3 Å². The van der Waals surface area contributed by atoms with E-state index in [0.29, 0.717) is 17.1 Å². The molecule has 1 aromatic carbocycles. The van der Waals surface area contributed by atoms with E-state index >= 15 is 0 Å². The summed E-state index contributed by atoms with van der Waals surface area (Å²) in [6.45, 7) is 5.43. The summed E-state index contributed by atoms with van der Waals surface area (Å²) >= 11 is 4.31. The highest BCUT2D eigenvalue weighted by Crippen LogP contribution is 2.34. The molecule has 33 heavy (non-hydrogen) atoms. The molecule has 3 aromatic rings. The van der Waals surface area contributed by atoms with Gasteiger partial charge in [0.2, 0.25) is 0 Å². The number of esters is 2. The van der Waals surface area contributed by atoms with Gasteiger partial charge in [-0.3, -0.25) is 4.79 Å². The Kier molecular flexibility index (Phi) is 8.29. The van der Waals surface area contributed by atoms with Crippen molar-refractivity contribution in [2.45, 2.75) is 27.4 Å². The van der Waals surface area contributed by atoms with Crippen molar-refractivity contribution in [3.05, 3.63) is 68.4 Å². The number of thiophene rings is 1. The Morgan fingerprint density at radius 2 is 1.67 bits per heavy atom. The van der Waals surface area contributed by atoms with Gasteiger partial charge in [0.1, 0.15) is 28.0 Å². The first-order chi connectivity index (χ1) is 15.8. The molecule has 0 saturated heterocycles. The highest BCUT2D eigenvalue weighted by molar-refractivity contribution is 9.10. The summed E-state index contributed by atoms with van der Waals surface area (Å²) in [6, 6.07) is 10.4.